The summed E-state index contributed by atoms with van der Waals surface area (Å²) in [6.45, 7) is 2.24. The molecule has 1 heterocycles. The van der Waals surface area contributed by atoms with Crippen molar-refractivity contribution in [2.75, 3.05) is 17.6 Å². The minimum Gasteiger partial charge on any atom is -0.384 e. The van der Waals surface area contributed by atoms with Crippen LogP contribution in [0.5, 0.6) is 0 Å². The number of sulfone groups is 1. The highest BCUT2D eigenvalue weighted by Gasteiger charge is 2.15. The molecule has 0 atom stereocenters. The van der Waals surface area contributed by atoms with Gasteiger partial charge in [-0.2, -0.15) is 0 Å². The molecule has 0 amide bonds. The van der Waals surface area contributed by atoms with Gasteiger partial charge in [0.1, 0.15) is 12.2 Å². The predicted molar refractivity (Wildman–Crippen MR) is 77.4 cm³/mol. The second-order valence-corrected chi connectivity index (χ2v) is 6.68. The van der Waals surface area contributed by atoms with Crippen LogP contribution < -0.4 is 5.32 Å². The molecule has 0 bridgehead atoms. The average molecular weight is 294 g/mol. The van der Waals surface area contributed by atoms with Gasteiger partial charge in [-0.1, -0.05) is 19.1 Å². The molecular formula is C13H18N4O2S. The second-order valence-electron chi connectivity index (χ2n) is 4.43. The van der Waals surface area contributed by atoms with Crippen molar-refractivity contribution in [2.45, 2.75) is 18.2 Å². The van der Waals surface area contributed by atoms with Crippen LogP contribution in [-0.2, 0) is 23.3 Å². The van der Waals surface area contributed by atoms with Gasteiger partial charge in [0.25, 0.3) is 0 Å². The molecule has 108 valence electrons. The summed E-state index contributed by atoms with van der Waals surface area (Å²) in [6.07, 6.45) is 2.32. The molecule has 0 aliphatic heterocycles. The molecule has 0 saturated carbocycles. The normalized spacial score (nSPS) is 11.5. The molecule has 0 unspecified atom stereocenters. The van der Waals surface area contributed by atoms with E-state index in [2.05, 4.69) is 15.5 Å². The highest BCUT2D eigenvalue weighted by Crippen LogP contribution is 2.21. The van der Waals surface area contributed by atoms with Gasteiger partial charge in [-0.25, -0.2) is 8.42 Å². The maximum Gasteiger partial charge on any atom is 0.180 e. The number of benzene rings is 1. The van der Waals surface area contributed by atoms with E-state index in [1.54, 1.807) is 31.5 Å². The molecule has 6 nitrogen and oxygen atoms in total. The fourth-order valence-corrected chi connectivity index (χ4v) is 2.95. The van der Waals surface area contributed by atoms with Crippen LogP contribution in [0.4, 0.5) is 5.69 Å². The van der Waals surface area contributed by atoms with Crippen molar-refractivity contribution in [1.29, 1.82) is 0 Å². The maximum absolute atomic E-state index is 12.0. The number of para-hydroxylation sites is 1. The first kappa shape index (κ1) is 14.5. The van der Waals surface area contributed by atoms with E-state index in [-0.39, 0.29) is 5.75 Å². The minimum absolute atomic E-state index is 0.0922. The molecule has 0 aliphatic rings. The van der Waals surface area contributed by atoms with Gasteiger partial charge in [-0.3, -0.25) is 0 Å². The summed E-state index contributed by atoms with van der Waals surface area (Å²) in [5, 5.41) is 11.0. The third-order valence-electron chi connectivity index (χ3n) is 3.07. The van der Waals surface area contributed by atoms with Crippen molar-refractivity contribution in [1.82, 2.24) is 14.8 Å². The van der Waals surface area contributed by atoms with Gasteiger partial charge in [0, 0.05) is 20.0 Å². The number of aryl methyl sites for hydroxylation is 1. The first-order valence-corrected chi connectivity index (χ1v) is 8.08. The van der Waals surface area contributed by atoms with Crippen LogP contribution in [0.15, 0.2) is 35.5 Å². The Morgan fingerprint density at radius 1 is 1.30 bits per heavy atom. The molecule has 1 aromatic heterocycles. The maximum atomic E-state index is 12.0. The smallest absolute Gasteiger partial charge is 0.180 e. The Labute approximate surface area is 118 Å². The van der Waals surface area contributed by atoms with Gasteiger partial charge in [0.05, 0.1) is 16.3 Å². The summed E-state index contributed by atoms with van der Waals surface area (Å²) in [4.78, 5) is 0.348. The zero-order valence-corrected chi connectivity index (χ0v) is 12.4. The van der Waals surface area contributed by atoms with Crippen LogP contribution in [0.1, 0.15) is 12.7 Å². The van der Waals surface area contributed by atoms with E-state index in [0.717, 1.165) is 5.82 Å². The van der Waals surface area contributed by atoms with E-state index in [1.807, 2.05) is 17.7 Å². The van der Waals surface area contributed by atoms with E-state index in [4.69, 9.17) is 0 Å². The molecule has 0 saturated heterocycles. The van der Waals surface area contributed by atoms with Gasteiger partial charge in [0.2, 0.25) is 0 Å². The zero-order valence-electron chi connectivity index (χ0n) is 11.6. The number of anilines is 1. The van der Waals surface area contributed by atoms with Gasteiger partial charge < -0.3 is 9.88 Å². The Bertz CT molecular complexity index is 679. The molecule has 0 spiro atoms. The number of hydrogen-bond donors (Lipinski definition) is 1. The lowest BCUT2D eigenvalue weighted by atomic mass is 10.3. The fraction of sp³-hybridized carbons (Fsp3) is 0.385. The van der Waals surface area contributed by atoms with Crippen molar-refractivity contribution in [3.05, 3.63) is 36.4 Å². The van der Waals surface area contributed by atoms with Crippen LogP contribution in [-0.4, -0.2) is 35.5 Å². The van der Waals surface area contributed by atoms with E-state index >= 15 is 0 Å². The Hall–Kier alpha value is -1.89. The number of rotatable bonds is 6. The molecule has 1 N–H and O–H groups in total. The van der Waals surface area contributed by atoms with Crippen molar-refractivity contribution in [2.24, 2.45) is 7.05 Å². The zero-order chi connectivity index (χ0) is 14.6. The number of nitrogens with zero attached hydrogens (tertiary/aromatic N) is 3. The topological polar surface area (TPSA) is 76.9 Å². The summed E-state index contributed by atoms with van der Waals surface area (Å²) >= 11 is 0. The van der Waals surface area contributed by atoms with Gasteiger partial charge in [0.15, 0.2) is 9.84 Å². The Morgan fingerprint density at radius 2 is 2.05 bits per heavy atom. The largest absolute Gasteiger partial charge is 0.384 e. The standard InChI is InChI=1S/C13H18N4O2S/c1-3-20(18,19)12-7-5-4-6-11(12)14-9-8-13-16-15-10-17(13)2/h4-7,10,14H,3,8-9H2,1-2H3. The molecule has 0 fully saturated rings. The Balaban J connectivity index is 2.09. The molecule has 2 aromatic rings. The number of aromatic nitrogens is 3. The SMILES string of the molecule is CCS(=O)(=O)c1ccccc1NCCc1nncn1C. The summed E-state index contributed by atoms with van der Waals surface area (Å²) < 4.78 is 25.8. The van der Waals surface area contributed by atoms with Crippen molar-refractivity contribution >= 4 is 15.5 Å². The molecule has 0 aliphatic carbocycles. The van der Waals surface area contributed by atoms with Gasteiger partial charge in [-0.15, -0.1) is 10.2 Å². The van der Waals surface area contributed by atoms with Crippen molar-refractivity contribution < 1.29 is 8.42 Å². The van der Waals surface area contributed by atoms with E-state index in [1.165, 1.54) is 0 Å². The fourth-order valence-electron chi connectivity index (χ4n) is 1.88. The quantitative estimate of drug-likeness (QED) is 0.868. The summed E-state index contributed by atoms with van der Waals surface area (Å²) in [5.74, 6) is 0.947. The Kier molecular flexibility index (Phi) is 4.39. The van der Waals surface area contributed by atoms with Crippen molar-refractivity contribution in [3.8, 4) is 0 Å². The van der Waals surface area contributed by atoms with Gasteiger partial charge in [-0.05, 0) is 12.1 Å². The van der Waals surface area contributed by atoms with Crippen LogP contribution in [0, 0.1) is 0 Å². The third-order valence-corrected chi connectivity index (χ3v) is 4.86. The van der Waals surface area contributed by atoms with Crippen LogP contribution in [0.2, 0.25) is 0 Å². The van der Waals surface area contributed by atoms with E-state index < -0.39 is 9.84 Å². The monoisotopic (exact) mass is 294 g/mol. The number of nitrogens with one attached hydrogen (secondary N) is 1. The number of hydrogen-bond acceptors (Lipinski definition) is 5. The van der Waals surface area contributed by atoms with Crippen LogP contribution in [0.25, 0.3) is 0 Å². The van der Waals surface area contributed by atoms with Crippen molar-refractivity contribution in [3.63, 3.8) is 0 Å². The molecule has 0 radical (unpaired) electrons. The highest BCUT2D eigenvalue weighted by molar-refractivity contribution is 7.91. The lowest BCUT2D eigenvalue weighted by Crippen LogP contribution is -2.12. The van der Waals surface area contributed by atoms with Gasteiger partial charge >= 0.3 is 0 Å². The summed E-state index contributed by atoms with van der Waals surface area (Å²) in [7, 11) is -1.34. The molecule has 1 aromatic carbocycles. The molecule has 20 heavy (non-hydrogen) atoms. The summed E-state index contributed by atoms with van der Waals surface area (Å²) in [6, 6.07) is 6.96. The van der Waals surface area contributed by atoms with Crippen LogP contribution in [0.3, 0.4) is 0 Å². The minimum atomic E-state index is -3.22. The van der Waals surface area contributed by atoms with E-state index in [0.29, 0.717) is 23.5 Å². The first-order chi connectivity index (χ1) is 9.54. The Morgan fingerprint density at radius 3 is 2.70 bits per heavy atom. The molecule has 2 rings (SSSR count). The highest BCUT2D eigenvalue weighted by atomic mass is 32.2. The molecular weight excluding hydrogens is 276 g/mol. The second kappa shape index (κ2) is 6.04. The molecule has 7 heteroatoms. The van der Waals surface area contributed by atoms with Crippen LogP contribution >= 0.6 is 0 Å². The average Bonchev–Trinajstić information content (AvgIpc) is 2.85. The third kappa shape index (κ3) is 3.16. The summed E-state index contributed by atoms with van der Waals surface area (Å²) in [5.41, 5.74) is 0.636. The lowest BCUT2D eigenvalue weighted by molar-refractivity contribution is 0.597. The first-order valence-electron chi connectivity index (χ1n) is 6.43. The predicted octanol–water partition coefficient (Wildman–Crippen LogP) is 1.26. The van der Waals surface area contributed by atoms with E-state index in [9.17, 15) is 8.42 Å². The lowest BCUT2D eigenvalue weighted by Gasteiger charge is -2.11.